The normalized spacial score (nSPS) is 12.8. The first-order chi connectivity index (χ1) is 10.8. The first-order valence-electron chi connectivity index (χ1n) is 7.29. The van der Waals surface area contributed by atoms with E-state index in [1.807, 2.05) is 13.8 Å². The monoisotopic (exact) mass is 324 g/mol. The molecule has 5 heteroatoms. The number of carbonyl (C=O) groups is 1. The molecule has 124 valence electrons. The van der Waals surface area contributed by atoms with E-state index in [2.05, 4.69) is 18.4 Å². The van der Waals surface area contributed by atoms with Crippen LogP contribution >= 0.6 is 0 Å². The molecule has 23 heavy (non-hydrogen) atoms. The highest BCUT2D eigenvalue weighted by Gasteiger charge is 2.24. The largest absolute Gasteiger partial charge is 0.445 e. The van der Waals surface area contributed by atoms with Crippen LogP contribution in [0.1, 0.15) is 44.0 Å². The molecule has 0 aromatic heterocycles. The standard InChI is InChI=1S/C18H19F3O2/c1-5-6-12(4)15(10-7-11(2)3)23-18(22)13-8-9-14(19)17(21)16(13)20/h8-9,12,15H,2,5-6H2,1,3-4H3. The van der Waals surface area contributed by atoms with Gasteiger partial charge in [0, 0.05) is 5.92 Å². The molecular formula is C18H19F3O2. The Balaban J connectivity index is 3.04. The van der Waals surface area contributed by atoms with Gasteiger partial charge in [0.05, 0.1) is 5.56 Å². The molecule has 0 aliphatic heterocycles. The number of halogens is 3. The maximum absolute atomic E-state index is 13.7. The summed E-state index contributed by atoms with van der Waals surface area (Å²) < 4.78 is 45.0. The van der Waals surface area contributed by atoms with Gasteiger partial charge in [-0.25, -0.2) is 18.0 Å². The van der Waals surface area contributed by atoms with E-state index < -0.39 is 35.1 Å². The van der Waals surface area contributed by atoms with Crippen molar-refractivity contribution < 1.29 is 22.7 Å². The van der Waals surface area contributed by atoms with Crippen LogP contribution in [0.3, 0.4) is 0 Å². The van der Waals surface area contributed by atoms with Gasteiger partial charge in [0.15, 0.2) is 23.6 Å². The van der Waals surface area contributed by atoms with Crippen molar-refractivity contribution in [1.82, 2.24) is 0 Å². The number of benzene rings is 1. The molecule has 1 aromatic carbocycles. The van der Waals surface area contributed by atoms with Crippen LogP contribution in [-0.4, -0.2) is 12.1 Å². The summed E-state index contributed by atoms with van der Waals surface area (Å²) >= 11 is 0. The number of hydrogen-bond donors (Lipinski definition) is 0. The SMILES string of the molecule is C=C(C)C#CC(OC(=O)c1ccc(F)c(F)c1F)C(C)CCC. The lowest BCUT2D eigenvalue weighted by molar-refractivity contribution is 0.0298. The number of rotatable bonds is 5. The molecule has 0 radical (unpaired) electrons. The van der Waals surface area contributed by atoms with Gasteiger partial charge in [-0.1, -0.05) is 38.7 Å². The van der Waals surface area contributed by atoms with Gasteiger partial charge in [0.25, 0.3) is 0 Å². The zero-order valence-electron chi connectivity index (χ0n) is 13.4. The van der Waals surface area contributed by atoms with E-state index in [-0.39, 0.29) is 5.92 Å². The zero-order chi connectivity index (χ0) is 17.6. The van der Waals surface area contributed by atoms with Crippen molar-refractivity contribution in [3.05, 3.63) is 47.3 Å². The van der Waals surface area contributed by atoms with Crippen molar-refractivity contribution in [2.75, 3.05) is 0 Å². The van der Waals surface area contributed by atoms with Crippen LogP contribution in [0.15, 0.2) is 24.3 Å². The van der Waals surface area contributed by atoms with Crippen LogP contribution in [-0.2, 0) is 4.74 Å². The van der Waals surface area contributed by atoms with E-state index in [1.165, 1.54) is 0 Å². The summed E-state index contributed by atoms with van der Waals surface area (Å²) in [4.78, 5) is 12.1. The van der Waals surface area contributed by atoms with Gasteiger partial charge in [-0.2, -0.15) is 0 Å². The fourth-order valence-corrected chi connectivity index (χ4v) is 1.95. The van der Waals surface area contributed by atoms with E-state index in [1.54, 1.807) is 6.92 Å². The third kappa shape index (κ3) is 5.17. The van der Waals surface area contributed by atoms with Gasteiger partial charge in [-0.3, -0.25) is 0 Å². The maximum atomic E-state index is 13.7. The van der Waals surface area contributed by atoms with Crippen LogP contribution in [0, 0.1) is 35.2 Å². The summed E-state index contributed by atoms with van der Waals surface area (Å²) in [7, 11) is 0. The van der Waals surface area contributed by atoms with E-state index in [9.17, 15) is 18.0 Å². The Hall–Kier alpha value is -2.22. The van der Waals surface area contributed by atoms with Gasteiger partial charge in [0.2, 0.25) is 0 Å². The lowest BCUT2D eigenvalue weighted by atomic mass is 9.99. The molecule has 0 fully saturated rings. The van der Waals surface area contributed by atoms with Crippen LogP contribution in [0.2, 0.25) is 0 Å². The summed E-state index contributed by atoms with van der Waals surface area (Å²) in [6.07, 6.45) is 0.804. The van der Waals surface area contributed by atoms with Crippen molar-refractivity contribution in [3.8, 4) is 11.8 Å². The second kappa shape index (κ2) is 8.42. The third-order valence-corrected chi connectivity index (χ3v) is 3.18. The molecule has 2 nitrogen and oxygen atoms in total. The summed E-state index contributed by atoms with van der Waals surface area (Å²) in [6, 6.07) is 1.53. The van der Waals surface area contributed by atoms with Crippen LogP contribution in [0.4, 0.5) is 13.2 Å². The second-order valence-electron chi connectivity index (χ2n) is 5.36. The zero-order valence-corrected chi connectivity index (χ0v) is 13.4. The predicted molar refractivity (Wildman–Crippen MR) is 82.2 cm³/mol. The predicted octanol–water partition coefficient (Wildman–Crippen LogP) is 4.65. The Morgan fingerprint density at radius 3 is 2.52 bits per heavy atom. The minimum atomic E-state index is -1.70. The fraction of sp³-hybridized carbons (Fsp3) is 0.389. The van der Waals surface area contributed by atoms with Gasteiger partial charge >= 0.3 is 5.97 Å². The summed E-state index contributed by atoms with van der Waals surface area (Å²) in [6.45, 7) is 9.15. The Morgan fingerprint density at radius 2 is 1.96 bits per heavy atom. The van der Waals surface area contributed by atoms with Crippen molar-refractivity contribution in [1.29, 1.82) is 0 Å². The van der Waals surface area contributed by atoms with Crippen LogP contribution in [0.25, 0.3) is 0 Å². The van der Waals surface area contributed by atoms with Gasteiger partial charge in [-0.15, -0.1) is 0 Å². The first-order valence-corrected chi connectivity index (χ1v) is 7.29. The molecule has 2 atom stereocenters. The number of allylic oxidation sites excluding steroid dienone is 1. The summed E-state index contributed by atoms with van der Waals surface area (Å²) in [5.74, 6) is -0.309. The number of ether oxygens (including phenoxy) is 1. The van der Waals surface area contributed by atoms with Gasteiger partial charge < -0.3 is 4.74 Å². The molecule has 0 heterocycles. The molecule has 0 N–H and O–H groups in total. The average molecular weight is 324 g/mol. The molecule has 1 rings (SSSR count). The van der Waals surface area contributed by atoms with Crippen LogP contribution < -0.4 is 0 Å². The maximum Gasteiger partial charge on any atom is 0.342 e. The number of carbonyl (C=O) groups excluding carboxylic acids is 1. The van der Waals surface area contributed by atoms with Crippen molar-refractivity contribution >= 4 is 5.97 Å². The first kappa shape index (κ1) is 18.8. The number of hydrogen-bond acceptors (Lipinski definition) is 2. The summed E-state index contributed by atoms with van der Waals surface area (Å²) in [5.41, 5.74) is -0.0662. The molecule has 2 unspecified atom stereocenters. The highest BCUT2D eigenvalue weighted by Crippen LogP contribution is 2.19. The molecule has 0 aliphatic rings. The van der Waals surface area contributed by atoms with Crippen molar-refractivity contribution in [2.45, 2.75) is 39.7 Å². The van der Waals surface area contributed by atoms with Crippen molar-refractivity contribution in [2.24, 2.45) is 5.92 Å². The van der Waals surface area contributed by atoms with E-state index in [0.717, 1.165) is 18.9 Å². The fourth-order valence-electron chi connectivity index (χ4n) is 1.95. The minimum absolute atomic E-state index is 0.0934. The second-order valence-corrected chi connectivity index (χ2v) is 5.36. The van der Waals surface area contributed by atoms with Gasteiger partial charge in [0.1, 0.15) is 0 Å². The molecular weight excluding hydrogens is 305 g/mol. The van der Waals surface area contributed by atoms with E-state index in [0.29, 0.717) is 11.6 Å². The molecule has 0 saturated heterocycles. The van der Waals surface area contributed by atoms with Gasteiger partial charge in [-0.05, 0) is 31.1 Å². The highest BCUT2D eigenvalue weighted by molar-refractivity contribution is 5.90. The quantitative estimate of drug-likeness (QED) is 0.448. The molecule has 1 aromatic rings. The Labute approximate surface area is 134 Å². The molecule has 0 saturated carbocycles. The topological polar surface area (TPSA) is 26.3 Å². The van der Waals surface area contributed by atoms with E-state index >= 15 is 0 Å². The lowest BCUT2D eigenvalue weighted by Gasteiger charge is -2.19. The molecule has 0 spiro atoms. The average Bonchev–Trinajstić information content (AvgIpc) is 2.48. The third-order valence-electron chi connectivity index (χ3n) is 3.18. The Kier molecular flexibility index (Phi) is 6.89. The highest BCUT2D eigenvalue weighted by atomic mass is 19.2. The molecule has 0 bridgehead atoms. The number of esters is 1. The smallest absolute Gasteiger partial charge is 0.342 e. The Morgan fingerprint density at radius 1 is 1.30 bits per heavy atom. The molecule has 0 amide bonds. The lowest BCUT2D eigenvalue weighted by Crippen LogP contribution is -2.25. The summed E-state index contributed by atoms with van der Waals surface area (Å²) in [5, 5.41) is 0. The molecule has 0 aliphatic carbocycles. The Bertz CT molecular complexity index is 656. The van der Waals surface area contributed by atoms with E-state index in [4.69, 9.17) is 4.74 Å². The van der Waals surface area contributed by atoms with Crippen LogP contribution in [0.5, 0.6) is 0 Å². The van der Waals surface area contributed by atoms with Crippen molar-refractivity contribution in [3.63, 3.8) is 0 Å². The minimum Gasteiger partial charge on any atom is -0.445 e.